The van der Waals surface area contributed by atoms with Crippen LogP contribution in [0, 0.1) is 18.8 Å². The molecule has 1 amide bonds. The summed E-state index contributed by atoms with van der Waals surface area (Å²) in [5.41, 5.74) is -0.819. The fraction of sp³-hybridized carbons (Fsp3) is 0.560. The molecule has 2 unspecified atom stereocenters. The van der Waals surface area contributed by atoms with Gasteiger partial charge in [-0.1, -0.05) is 27.7 Å². The summed E-state index contributed by atoms with van der Waals surface area (Å²) in [4.78, 5) is 54.7. The lowest BCUT2D eigenvalue weighted by molar-refractivity contribution is -0.179. The highest BCUT2D eigenvalue weighted by Gasteiger charge is 2.63. The van der Waals surface area contributed by atoms with Crippen molar-refractivity contribution in [1.82, 2.24) is 19.6 Å². The standard InChI is InChI=1S/C25H34F2N5O10P/c1-12(2)21(35)30-18-6-7-32(24(37)31-18)23-25(26,27)20(42-22(36)13(3)4)17(41-23)11-40-43(38,39)29-9-16-15(10-33)8-28-14(5)19(16)34/h6-8,12-13,17,20,23,33-34H,9-11H2,1-5H3,(H2,29,38,39)(H,30,31,35,37)/t17-,20?,23-/m1/s1. The molecule has 0 saturated carbocycles. The minimum atomic E-state index is -4.78. The molecule has 1 fully saturated rings. The quantitative estimate of drug-likeness (QED) is 0.167. The molecule has 3 rings (SSSR count). The van der Waals surface area contributed by atoms with Gasteiger partial charge in [-0.3, -0.25) is 23.7 Å². The number of nitrogens with one attached hydrogen (secondary N) is 2. The van der Waals surface area contributed by atoms with E-state index in [0.29, 0.717) is 4.57 Å². The first-order chi connectivity index (χ1) is 20.0. The van der Waals surface area contributed by atoms with Crippen LogP contribution in [-0.4, -0.2) is 66.3 Å². The number of anilines is 1. The summed E-state index contributed by atoms with van der Waals surface area (Å²) in [5.74, 6) is -7.33. The number of nitrogens with zero attached hydrogens (tertiary/aromatic N) is 3. The van der Waals surface area contributed by atoms with Crippen LogP contribution in [0.3, 0.4) is 0 Å². The Kier molecular flexibility index (Phi) is 10.7. The third-order valence-corrected chi connectivity index (χ3v) is 7.45. The second kappa shape index (κ2) is 13.5. The lowest BCUT2D eigenvalue weighted by atomic mass is 10.1. The van der Waals surface area contributed by atoms with Gasteiger partial charge in [0, 0.05) is 36.0 Å². The maximum absolute atomic E-state index is 15.7. The Labute approximate surface area is 244 Å². The largest absolute Gasteiger partial charge is 0.506 e. The maximum Gasteiger partial charge on any atom is 0.403 e. The molecule has 3 heterocycles. The number of aliphatic hydroxyl groups is 1. The summed E-state index contributed by atoms with van der Waals surface area (Å²) in [6, 6.07) is 1.10. The Morgan fingerprint density at radius 1 is 1.26 bits per heavy atom. The minimum absolute atomic E-state index is 0.0558. The fourth-order valence-electron chi connectivity index (χ4n) is 3.86. The predicted molar refractivity (Wildman–Crippen MR) is 145 cm³/mol. The monoisotopic (exact) mass is 633 g/mol. The van der Waals surface area contributed by atoms with E-state index in [1.54, 1.807) is 13.8 Å². The third-order valence-electron chi connectivity index (χ3n) is 6.39. The van der Waals surface area contributed by atoms with Crippen LogP contribution >= 0.6 is 7.75 Å². The molecule has 0 bridgehead atoms. The molecule has 43 heavy (non-hydrogen) atoms. The first-order valence-corrected chi connectivity index (χ1v) is 14.7. The predicted octanol–water partition coefficient (Wildman–Crippen LogP) is 1.75. The van der Waals surface area contributed by atoms with E-state index in [4.69, 9.17) is 14.0 Å². The Morgan fingerprint density at radius 3 is 2.51 bits per heavy atom. The van der Waals surface area contributed by atoms with Gasteiger partial charge in [-0.2, -0.15) is 13.8 Å². The number of esters is 1. The number of amides is 1. The van der Waals surface area contributed by atoms with E-state index in [1.165, 1.54) is 27.0 Å². The van der Waals surface area contributed by atoms with E-state index in [1.807, 2.05) is 0 Å². The molecule has 18 heteroatoms. The molecule has 5 N–H and O–H groups in total. The third kappa shape index (κ3) is 7.99. The number of aryl methyl sites for hydroxylation is 1. The molecule has 238 valence electrons. The van der Waals surface area contributed by atoms with Crippen molar-refractivity contribution in [2.75, 3.05) is 11.9 Å². The highest BCUT2D eigenvalue weighted by atomic mass is 31.2. The topological polar surface area (TPSA) is 211 Å². The molecule has 0 aliphatic carbocycles. The average molecular weight is 634 g/mol. The van der Waals surface area contributed by atoms with Crippen molar-refractivity contribution >= 4 is 25.4 Å². The average Bonchev–Trinajstić information content (AvgIpc) is 3.17. The number of aliphatic hydroxyl groups excluding tert-OH is 1. The zero-order chi connectivity index (χ0) is 32.3. The SMILES string of the molecule is Cc1ncc(CO)c(CNP(=O)(O)OC[C@H]2O[C@@H](n3ccc(NC(=O)C(C)C)nc3=O)C(F)(F)C2OC(=O)C(C)C)c1O. The molecule has 1 aliphatic rings. The van der Waals surface area contributed by atoms with Gasteiger partial charge in [0.2, 0.25) is 12.1 Å². The molecule has 1 aliphatic heterocycles. The summed E-state index contributed by atoms with van der Waals surface area (Å²) in [5, 5.41) is 24.3. The van der Waals surface area contributed by atoms with Gasteiger partial charge < -0.3 is 29.9 Å². The molecule has 2 aromatic rings. The van der Waals surface area contributed by atoms with Gasteiger partial charge in [0.25, 0.3) is 0 Å². The van der Waals surface area contributed by atoms with Crippen molar-refractivity contribution in [2.45, 2.75) is 72.1 Å². The number of alkyl halides is 2. The van der Waals surface area contributed by atoms with E-state index in [0.717, 1.165) is 12.3 Å². The Bertz CT molecular complexity index is 1450. The second-order valence-electron chi connectivity index (χ2n) is 10.4. The molecule has 1 saturated heterocycles. The van der Waals surface area contributed by atoms with Crippen LogP contribution in [0.4, 0.5) is 14.6 Å². The normalized spacial score (nSPS) is 21.1. The molecule has 4 atom stereocenters. The summed E-state index contributed by atoms with van der Waals surface area (Å²) in [7, 11) is -4.78. The Hall–Kier alpha value is -3.34. The minimum Gasteiger partial charge on any atom is -0.506 e. The van der Waals surface area contributed by atoms with Crippen LogP contribution in [0.5, 0.6) is 5.75 Å². The summed E-state index contributed by atoms with van der Waals surface area (Å²) >= 11 is 0. The van der Waals surface area contributed by atoms with Crippen molar-refractivity contribution < 1.29 is 52.0 Å². The molecule has 0 radical (unpaired) electrons. The van der Waals surface area contributed by atoms with Gasteiger partial charge in [0.1, 0.15) is 17.7 Å². The van der Waals surface area contributed by atoms with Crippen molar-refractivity contribution in [3.8, 4) is 5.75 Å². The number of hydrogen-bond acceptors (Lipinski definition) is 11. The van der Waals surface area contributed by atoms with Gasteiger partial charge in [0.15, 0.2) is 6.10 Å². The number of rotatable bonds is 12. The van der Waals surface area contributed by atoms with Crippen LogP contribution in [0.25, 0.3) is 0 Å². The smallest absolute Gasteiger partial charge is 0.403 e. The van der Waals surface area contributed by atoms with E-state index < -0.39 is 81.3 Å². The first kappa shape index (κ1) is 34.2. The number of aromatic hydroxyl groups is 1. The van der Waals surface area contributed by atoms with E-state index in [-0.39, 0.29) is 28.4 Å². The number of aromatic nitrogens is 3. The number of carbonyl (C=O) groups excluding carboxylic acids is 2. The molecule has 0 aromatic carbocycles. The van der Waals surface area contributed by atoms with Crippen molar-refractivity contribution in [3.63, 3.8) is 0 Å². The number of pyridine rings is 1. The zero-order valence-electron chi connectivity index (χ0n) is 24.0. The number of halogens is 2. The highest BCUT2D eigenvalue weighted by Crippen LogP contribution is 2.46. The summed E-state index contributed by atoms with van der Waals surface area (Å²) < 4.78 is 59.8. The highest BCUT2D eigenvalue weighted by molar-refractivity contribution is 7.50. The van der Waals surface area contributed by atoms with Gasteiger partial charge >= 0.3 is 25.3 Å². The van der Waals surface area contributed by atoms with E-state index >= 15 is 8.78 Å². The van der Waals surface area contributed by atoms with Gasteiger partial charge in [-0.15, -0.1) is 0 Å². The van der Waals surface area contributed by atoms with Crippen LogP contribution in [-0.2, 0) is 41.3 Å². The first-order valence-electron chi connectivity index (χ1n) is 13.1. The van der Waals surface area contributed by atoms with Crippen LogP contribution in [0.15, 0.2) is 23.3 Å². The molecule has 2 aromatic heterocycles. The number of carbonyl (C=O) groups is 2. The summed E-state index contributed by atoms with van der Waals surface area (Å²) in [6.07, 6.45) is -4.36. The van der Waals surface area contributed by atoms with Crippen molar-refractivity contribution in [3.05, 3.63) is 45.8 Å². The molecule has 0 spiro atoms. The second-order valence-corrected chi connectivity index (χ2v) is 12.0. The van der Waals surface area contributed by atoms with Gasteiger partial charge in [0.05, 0.1) is 24.8 Å². The molecule has 15 nitrogen and oxygen atoms in total. The zero-order valence-corrected chi connectivity index (χ0v) is 24.9. The van der Waals surface area contributed by atoms with E-state index in [9.17, 15) is 34.1 Å². The van der Waals surface area contributed by atoms with Crippen LogP contribution in [0.1, 0.15) is 50.7 Å². The van der Waals surface area contributed by atoms with Gasteiger partial charge in [-0.25, -0.2) is 14.4 Å². The molecular weight excluding hydrogens is 599 g/mol. The Morgan fingerprint density at radius 2 is 1.93 bits per heavy atom. The lowest BCUT2D eigenvalue weighted by Gasteiger charge is -2.25. The van der Waals surface area contributed by atoms with Crippen LogP contribution < -0.4 is 16.1 Å². The van der Waals surface area contributed by atoms with Gasteiger partial charge in [-0.05, 0) is 13.0 Å². The summed E-state index contributed by atoms with van der Waals surface area (Å²) in [6.45, 7) is 5.46. The number of hydrogen-bond donors (Lipinski definition) is 5. The maximum atomic E-state index is 15.7. The Balaban J connectivity index is 1.83. The lowest BCUT2D eigenvalue weighted by Crippen LogP contribution is -2.45. The van der Waals surface area contributed by atoms with Crippen LogP contribution in [0.2, 0.25) is 0 Å². The van der Waals surface area contributed by atoms with E-state index in [2.05, 4.69) is 20.4 Å². The van der Waals surface area contributed by atoms with Crippen molar-refractivity contribution in [1.29, 1.82) is 0 Å². The number of ether oxygens (including phenoxy) is 2. The van der Waals surface area contributed by atoms with Crippen molar-refractivity contribution in [2.24, 2.45) is 11.8 Å². The molecular formula is C25H34F2N5O10P. The fourth-order valence-corrected chi connectivity index (χ4v) is 4.66.